The van der Waals surface area contributed by atoms with Crippen molar-refractivity contribution < 1.29 is 8.42 Å². The third kappa shape index (κ3) is 2.25. The van der Waals surface area contributed by atoms with E-state index in [1.54, 1.807) is 18.2 Å². The lowest BCUT2D eigenvalue weighted by molar-refractivity contribution is 0.597. The number of nitrogens with zero attached hydrogens (tertiary/aromatic N) is 2. The molecule has 0 unspecified atom stereocenters. The van der Waals surface area contributed by atoms with E-state index in [1.165, 1.54) is 23.6 Å². The van der Waals surface area contributed by atoms with Gasteiger partial charge in [0.05, 0.1) is 16.4 Å². The van der Waals surface area contributed by atoms with Crippen LogP contribution in [0.4, 0.5) is 10.8 Å². The van der Waals surface area contributed by atoms with Crippen LogP contribution >= 0.6 is 11.3 Å². The number of benzene rings is 1. The van der Waals surface area contributed by atoms with Gasteiger partial charge in [-0.3, -0.25) is 9.82 Å². The molecule has 1 aromatic carbocycles. The lowest BCUT2D eigenvalue weighted by atomic mass is 10.3. The van der Waals surface area contributed by atoms with Gasteiger partial charge in [-0.1, -0.05) is 11.3 Å². The maximum atomic E-state index is 12.0. The van der Waals surface area contributed by atoms with Crippen LogP contribution in [0.1, 0.15) is 0 Å². The Kier molecular flexibility index (Phi) is 2.64. The zero-order chi connectivity index (χ0) is 13.5. The number of nitrogen functional groups attached to an aromatic ring is 1. The first kappa shape index (κ1) is 11.9. The summed E-state index contributed by atoms with van der Waals surface area (Å²) in [5.74, 6) is 0. The van der Waals surface area contributed by atoms with Gasteiger partial charge >= 0.3 is 0 Å². The number of fused-ring (bicyclic) bond motifs is 1. The summed E-state index contributed by atoms with van der Waals surface area (Å²) in [5.41, 5.74) is 6.97. The first-order valence-corrected chi connectivity index (χ1v) is 7.53. The van der Waals surface area contributed by atoms with Gasteiger partial charge in [-0.25, -0.2) is 4.98 Å². The van der Waals surface area contributed by atoms with E-state index in [2.05, 4.69) is 19.9 Å². The summed E-state index contributed by atoms with van der Waals surface area (Å²) in [7, 11) is -3.68. The van der Waals surface area contributed by atoms with Crippen molar-refractivity contribution in [1.29, 1.82) is 0 Å². The second kappa shape index (κ2) is 4.21. The van der Waals surface area contributed by atoms with Crippen LogP contribution in [0.5, 0.6) is 0 Å². The molecule has 0 atom stereocenters. The predicted octanol–water partition coefficient (Wildman–Crippen LogP) is 1.40. The van der Waals surface area contributed by atoms with Crippen molar-refractivity contribution in [3.05, 3.63) is 30.5 Å². The number of sulfonamides is 1. The van der Waals surface area contributed by atoms with Gasteiger partial charge in [0.15, 0.2) is 10.2 Å². The number of nitrogens with one attached hydrogen (secondary N) is 2. The van der Waals surface area contributed by atoms with Gasteiger partial charge in [-0.15, -0.1) is 0 Å². The summed E-state index contributed by atoms with van der Waals surface area (Å²) in [5, 5.41) is 6.28. The van der Waals surface area contributed by atoms with E-state index in [0.29, 0.717) is 11.2 Å². The molecule has 9 heteroatoms. The van der Waals surface area contributed by atoms with Crippen LogP contribution in [0, 0.1) is 0 Å². The number of thiazole rings is 1. The molecule has 19 heavy (non-hydrogen) atoms. The average molecular weight is 295 g/mol. The zero-order valence-corrected chi connectivity index (χ0v) is 11.1. The van der Waals surface area contributed by atoms with Gasteiger partial charge in [-0.2, -0.15) is 13.5 Å². The topological polar surface area (TPSA) is 114 Å². The van der Waals surface area contributed by atoms with Crippen LogP contribution in [-0.4, -0.2) is 23.6 Å². The minimum Gasteiger partial charge on any atom is -0.399 e. The molecular formula is C10H9N5O2S2. The number of hydrogen-bond donors (Lipinski definition) is 3. The second-order valence-corrected chi connectivity index (χ2v) is 6.45. The molecule has 4 N–H and O–H groups in total. The molecule has 0 amide bonds. The van der Waals surface area contributed by atoms with E-state index < -0.39 is 10.0 Å². The normalized spacial score (nSPS) is 11.8. The standard InChI is InChI=1S/C10H9N5O2S2/c11-6-1-2-7-8(5-6)18-10(13-7)15-19(16,17)9-3-4-12-14-9/h1-5H,11H2,(H,12,14)(H,13,15). The average Bonchev–Trinajstić information content (AvgIpc) is 2.95. The van der Waals surface area contributed by atoms with Crippen LogP contribution in [0.25, 0.3) is 10.2 Å². The molecule has 98 valence electrons. The fraction of sp³-hybridized carbons (Fsp3) is 0. The fourth-order valence-corrected chi connectivity index (χ4v) is 3.61. The molecule has 2 aromatic heterocycles. The van der Waals surface area contributed by atoms with Crippen LogP contribution in [-0.2, 0) is 10.0 Å². The number of aromatic nitrogens is 3. The highest BCUT2D eigenvalue weighted by Gasteiger charge is 2.17. The summed E-state index contributed by atoms with van der Waals surface area (Å²) in [6, 6.07) is 6.58. The van der Waals surface area contributed by atoms with Crippen LogP contribution in [0.15, 0.2) is 35.5 Å². The molecule has 0 bridgehead atoms. The molecule has 0 aliphatic carbocycles. The monoisotopic (exact) mass is 295 g/mol. The highest BCUT2D eigenvalue weighted by Crippen LogP contribution is 2.28. The predicted molar refractivity (Wildman–Crippen MR) is 73.4 cm³/mol. The Labute approximate surface area is 112 Å². The molecule has 7 nitrogen and oxygen atoms in total. The van der Waals surface area contributed by atoms with E-state index in [0.717, 1.165) is 4.70 Å². The van der Waals surface area contributed by atoms with E-state index in [1.807, 2.05) is 0 Å². The summed E-state index contributed by atoms with van der Waals surface area (Å²) in [6.07, 6.45) is 1.37. The minimum atomic E-state index is -3.68. The second-order valence-electron chi connectivity index (χ2n) is 3.77. The van der Waals surface area contributed by atoms with Crippen LogP contribution < -0.4 is 10.5 Å². The Balaban J connectivity index is 1.98. The zero-order valence-electron chi connectivity index (χ0n) is 9.49. The van der Waals surface area contributed by atoms with Crippen LogP contribution in [0.2, 0.25) is 0 Å². The number of aromatic amines is 1. The van der Waals surface area contributed by atoms with Crippen molar-refractivity contribution in [1.82, 2.24) is 15.2 Å². The lowest BCUT2D eigenvalue weighted by Gasteiger charge is -2.00. The molecule has 0 saturated carbocycles. The smallest absolute Gasteiger partial charge is 0.280 e. The Morgan fingerprint density at radius 3 is 2.89 bits per heavy atom. The number of rotatable bonds is 3. The highest BCUT2D eigenvalue weighted by atomic mass is 32.2. The molecule has 3 rings (SSSR count). The van der Waals surface area contributed by atoms with Crippen molar-refractivity contribution in [3.8, 4) is 0 Å². The third-order valence-corrected chi connectivity index (χ3v) is 4.73. The van der Waals surface area contributed by atoms with Gasteiger partial charge in [0.25, 0.3) is 10.0 Å². The van der Waals surface area contributed by atoms with Crippen molar-refractivity contribution in [2.24, 2.45) is 0 Å². The maximum absolute atomic E-state index is 12.0. The SMILES string of the molecule is Nc1ccc2nc(NS(=O)(=O)c3ccn[nH]3)sc2c1. The van der Waals surface area contributed by atoms with E-state index in [-0.39, 0.29) is 10.2 Å². The van der Waals surface area contributed by atoms with Crippen molar-refractivity contribution in [2.75, 3.05) is 10.5 Å². The van der Waals surface area contributed by atoms with E-state index in [9.17, 15) is 8.42 Å². The minimum absolute atomic E-state index is 0.00808. The Morgan fingerprint density at radius 1 is 1.32 bits per heavy atom. The Morgan fingerprint density at radius 2 is 2.16 bits per heavy atom. The number of H-pyrrole nitrogens is 1. The van der Waals surface area contributed by atoms with E-state index >= 15 is 0 Å². The first-order chi connectivity index (χ1) is 9.04. The van der Waals surface area contributed by atoms with Crippen LogP contribution in [0.3, 0.4) is 0 Å². The molecule has 2 heterocycles. The quantitative estimate of drug-likeness (QED) is 0.632. The summed E-state index contributed by atoms with van der Waals surface area (Å²) >= 11 is 1.22. The van der Waals surface area contributed by atoms with Gasteiger partial charge in [0.2, 0.25) is 0 Å². The van der Waals surface area contributed by atoms with Crippen molar-refractivity contribution in [2.45, 2.75) is 5.03 Å². The molecule has 0 aliphatic heterocycles. The number of hydrogen-bond acceptors (Lipinski definition) is 6. The Bertz CT molecular complexity index is 823. The molecule has 0 spiro atoms. The van der Waals surface area contributed by atoms with Gasteiger partial charge in [0.1, 0.15) is 0 Å². The lowest BCUT2D eigenvalue weighted by Crippen LogP contribution is -2.13. The molecular weight excluding hydrogens is 286 g/mol. The summed E-state index contributed by atoms with van der Waals surface area (Å²) < 4.78 is 27.2. The van der Waals surface area contributed by atoms with Gasteiger partial charge in [0, 0.05) is 5.69 Å². The first-order valence-electron chi connectivity index (χ1n) is 5.23. The number of anilines is 2. The third-order valence-electron chi connectivity index (χ3n) is 2.40. The maximum Gasteiger partial charge on any atom is 0.280 e. The van der Waals surface area contributed by atoms with E-state index in [4.69, 9.17) is 5.73 Å². The van der Waals surface area contributed by atoms with Gasteiger partial charge in [-0.05, 0) is 24.3 Å². The number of nitrogens with two attached hydrogens (primary N) is 1. The van der Waals surface area contributed by atoms with Gasteiger partial charge < -0.3 is 5.73 Å². The molecule has 0 radical (unpaired) electrons. The van der Waals surface area contributed by atoms with Crippen molar-refractivity contribution >= 4 is 42.4 Å². The fourth-order valence-electron chi connectivity index (χ4n) is 1.55. The van der Waals surface area contributed by atoms with Crippen molar-refractivity contribution in [3.63, 3.8) is 0 Å². The molecule has 0 fully saturated rings. The Hall–Kier alpha value is -2.13. The molecule has 0 saturated heterocycles. The molecule has 3 aromatic rings. The summed E-state index contributed by atoms with van der Waals surface area (Å²) in [6.45, 7) is 0. The largest absolute Gasteiger partial charge is 0.399 e. The highest BCUT2D eigenvalue weighted by molar-refractivity contribution is 7.92. The summed E-state index contributed by atoms with van der Waals surface area (Å²) in [4.78, 5) is 4.19. The molecule has 0 aliphatic rings.